The molecule has 0 saturated heterocycles. The van der Waals surface area contributed by atoms with Crippen molar-refractivity contribution in [1.29, 1.82) is 0 Å². The molecule has 0 radical (unpaired) electrons. The van der Waals surface area contributed by atoms with Crippen LogP contribution in [0.4, 0.5) is 14.5 Å². The lowest BCUT2D eigenvalue weighted by molar-refractivity contribution is -0.119. The van der Waals surface area contributed by atoms with Gasteiger partial charge in [-0.2, -0.15) is 8.78 Å². The van der Waals surface area contributed by atoms with Gasteiger partial charge in [0.25, 0.3) is 11.7 Å². The van der Waals surface area contributed by atoms with Gasteiger partial charge in [0.2, 0.25) is 0 Å². The fourth-order valence-corrected chi connectivity index (χ4v) is 3.48. The molecule has 164 valence electrons. The first-order chi connectivity index (χ1) is 15.3. The van der Waals surface area contributed by atoms with Gasteiger partial charge in [-0.05, 0) is 25.1 Å². The summed E-state index contributed by atoms with van der Waals surface area (Å²) in [7, 11) is 0. The molecule has 0 aliphatic heterocycles. The molecular formula is C24H19F2NO4S. The molecule has 32 heavy (non-hydrogen) atoms. The summed E-state index contributed by atoms with van der Waals surface area (Å²) >= 11 is 0.299. The Bertz CT molecular complexity index is 1130. The third-order valence-corrected chi connectivity index (χ3v) is 5.21. The van der Waals surface area contributed by atoms with Crippen LogP contribution in [0.2, 0.25) is 0 Å². The van der Waals surface area contributed by atoms with E-state index in [2.05, 4.69) is 5.32 Å². The Labute approximate surface area is 187 Å². The van der Waals surface area contributed by atoms with Crippen LogP contribution in [0, 0.1) is 6.92 Å². The molecule has 0 fully saturated rings. The van der Waals surface area contributed by atoms with E-state index in [0.717, 1.165) is 5.56 Å². The fraction of sp³-hybridized carbons (Fsp3) is 0.125. The summed E-state index contributed by atoms with van der Waals surface area (Å²) in [5.41, 5.74) is 1.78. The number of amides is 1. The molecule has 8 heteroatoms. The molecule has 0 aromatic heterocycles. The summed E-state index contributed by atoms with van der Waals surface area (Å²) in [6.45, 7) is 1.26. The molecule has 3 aromatic rings. The first kappa shape index (κ1) is 23.1. The molecule has 5 nitrogen and oxygen atoms in total. The molecule has 1 amide bonds. The number of benzene rings is 3. The minimum atomic E-state index is -2.64. The normalized spacial score (nSPS) is 10.6. The topological polar surface area (TPSA) is 72.5 Å². The Morgan fingerprint density at radius 2 is 1.53 bits per heavy atom. The van der Waals surface area contributed by atoms with E-state index in [-0.39, 0.29) is 27.5 Å². The molecule has 1 N–H and O–H groups in total. The molecule has 3 aromatic carbocycles. The van der Waals surface area contributed by atoms with Crippen LogP contribution in [0.15, 0.2) is 77.7 Å². The maximum atomic E-state index is 12.8. The summed E-state index contributed by atoms with van der Waals surface area (Å²) in [5.74, 6) is -4.53. The molecule has 0 bridgehead atoms. The van der Waals surface area contributed by atoms with E-state index in [9.17, 15) is 23.2 Å². The fourth-order valence-electron chi connectivity index (χ4n) is 2.88. The third kappa shape index (κ3) is 6.01. The minimum Gasteiger partial charge on any atom is -0.452 e. The Hall–Kier alpha value is -3.52. The number of rotatable bonds is 8. The van der Waals surface area contributed by atoms with Crippen LogP contribution >= 0.6 is 11.8 Å². The average molecular weight is 455 g/mol. The minimum absolute atomic E-state index is 0.0273. The quantitative estimate of drug-likeness (QED) is 0.282. The SMILES string of the molecule is Cc1ccc(C(=O)c2ccccc2C(=O)OCC(=O)Nc2ccccc2SC(F)F)cc1. The van der Waals surface area contributed by atoms with Crippen LogP contribution in [0.25, 0.3) is 0 Å². The molecule has 0 spiro atoms. The number of anilines is 1. The Kier molecular flexibility index (Phi) is 7.72. The molecule has 0 aliphatic carbocycles. The smallest absolute Gasteiger partial charge is 0.339 e. The highest BCUT2D eigenvalue weighted by molar-refractivity contribution is 7.99. The van der Waals surface area contributed by atoms with Gasteiger partial charge in [-0.15, -0.1) is 0 Å². The second-order valence-electron chi connectivity index (χ2n) is 6.74. The predicted molar refractivity (Wildman–Crippen MR) is 118 cm³/mol. The van der Waals surface area contributed by atoms with E-state index in [1.165, 1.54) is 24.3 Å². The van der Waals surface area contributed by atoms with Crippen LogP contribution in [0.5, 0.6) is 0 Å². The van der Waals surface area contributed by atoms with Crippen molar-refractivity contribution < 1.29 is 27.9 Å². The number of carbonyl (C=O) groups is 3. The number of hydrogen-bond acceptors (Lipinski definition) is 5. The number of nitrogens with one attached hydrogen (secondary N) is 1. The summed E-state index contributed by atoms with van der Waals surface area (Å²) in [5, 5.41) is 2.45. The van der Waals surface area contributed by atoms with Crippen LogP contribution < -0.4 is 5.32 Å². The van der Waals surface area contributed by atoms with E-state index in [0.29, 0.717) is 17.3 Å². The van der Waals surface area contributed by atoms with Crippen molar-refractivity contribution in [1.82, 2.24) is 0 Å². The van der Waals surface area contributed by atoms with Gasteiger partial charge in [0.05, 0.1) is 11.3 Å². The highest BCUT2D eigenvalue weighted by Crippen LogP contribution is 2.31. The Morgan fingerprint density at radius 3 is 2.22 bits per heavy atom. The lowest BCUT2D eigenvalue weighted by Crippen LogP contribution is -2.22. The molecule has 0 aliphatic rings. The van der Waals surface area contributed by atoms with Gasteiger partial charge in [0, 0.05) is 16.0 Å². The Balaban J connectivity index is 1.68. The lowest BCUT2D eigenvalue weighted by Gasteiger charge is -2.11. The average Bonchev–Trinajstić information content (AvgIpc) is 2.78. The number of esters is 1. The summed E-state index contributed by atoms with van der Waals surface area (Å²) in [6, 6.07) is 19.2. The molecule has 3 rings (SSSR count). The van der Waals surface area contributed by atoms with E-state index in [1.807, 2.05) is 6.92 Å². The highest BCUT2D eigenvalue weighted by Gasteiger charge is 2.20. The largest absolute Gasteiger partial charge is 0.452 e. The lowest BCUT2D eigenvalue weighted by atomic mass is 9.98. The van der Waals surface area contributed by atoms with Crippen molar-refractivity contribution in [3.05, 3.63) is 95.1 Å². The van der Waals surface area contributed by atoms with Crippen molar-refractivity contribution in [2.24, 2.45) is 0 Å². The highest BCUT2D eigenvalue weighted by atomic mass is 32.2. The molecule has 0 saturated carbocycles. The maximum Gasteiger partial charge on any atom is 0.339 e. The first-order valence-electron chi connectivity index (χ1n) is 9.56. The van der Waals surface area contributed by atoms with Crippen molar-refractivity contribution in [3.63, 3.8) is 0 Å². The number of ether oxygens (including phenoxy) is 1. The van der Waals surface area contributed by atoms with Crippen molar-refractivity contribution >= 4 is 35.1 Å². The van der Waals surface area contributed by atoms with E-state index < -0.39 is 24.2 Å². The number of halogens is 2. The number of ketones is 1. The van der Waals surface area contributed by atoms with Gasteiger partial charge < -0.3 is 10.1 Å². The molecule has 0 unspecified atom stereocenters. The van der Waals surface area contributed by atoms with Gasteiger partial charge in [-0.1, -0.05) is 71.9 Å². The first-order valence-corrected chi connectivity index (χ1v) is 10.4. The number of hydrogen-bond donors (Lipinski definition) is 1. The van der Waals surface area contributed by atoms with Gasteiger partial charge in [0.1, 0.15) is 0 Å². The monoisotopic (exact) mass is 455 g/mol. The van der Waals surface area contributed by atoms with Gasteiger partial charge in [0.15, 0.2) is 12.4 Å². The number of para-hydroxylation sites is 1. The van der Waals surface area contributed by atoms with Crippen LogP contribution in [0.1, 0.15) is 31.8 Å². The van der Waals surface area contributed by atoms with Crippen LogP contribution in [-0.4, -0.2) is 30.0 Å². The van der Waals surface area contributed by atoms with Crippen molar-refractivity contribution in [2.75, 3.05) is 11.9 Å². The number of alkyl halides is 2. The summed E-state index contributed by atoms with van der Waals surface area (Å²) < 4.78 is 30.4. The Morgan fingerprint density at radius 1 is 0.906 bits per heavy atom. The zero-order chi connectivity index (χ0) is 23.1. The maximum absolute atomic E-state index is 12.8. The predicted octanol–water partition coefficient (Wildman–Crippen LogP) is 5.34. The van der Waals surface area contributed by atoms with Crippen molar-refractivity contribution in [2.45, 2.75) is 17.6 Å². The molecular weight excluding hydrogens is 436 g/mol. The summed E-state index contributed by atoms with van der Waals surface area (Å²) in [6.07, 6.45) is 0. The van der Waals surface area contributed by atoms with E-state index in [1.54, 1.807) is 48.5 Å². The van der Waals surface area contributed by atoms with Crippen LogP contribution in [0.3, 0.4) is 0 Å². The van der Waals surface area contributed by atoms with E-state index in [4.69, 9.17) is 4.74 Å². The second-order valence-corrected chi connectivity index (χ2v) is 7.77. The van der Waals surface area contributed by atoms with Gasteiger partial charge in [-0.3, -0.25) is 9.59 Å². The zero-order valence-corrected chi connectivity index (χ0v) is 17.8. The molecule has 0 atom stereocenters. The van der Waals surface area contributed by atoms with Crippen LogP contribution in [-0.2, 0) is 9.53 Å². The summed E-state index contributed by atoms with van der Waals surface area (Å²) in [4.78, 5) is 37.8. The molecule has 0 heterocycles. The number of thioether (sulfide) groups is 1. The number of carbonyl (C=O) groups excluding carboxylic acids is 3. The van der Waals surface area contributed by atoms with Gasteiger partial charge >= 0.3 is 5.97 Å². The zero-order valence-electron chi connectivity index (χ0n) is 17.0. The van der Waals surface area contributed by atoms with Gasteiger partial charge in [-0.25, -0.2) is 4.79 Å². The standard InChI is InChI=1S/C24H19F2NO4S/c1-15-10-12-16(13-11-15)22(29)17-6-2-3-7-18(17)23(30)31-14-21(28)27-19-8-4-5-9-20(19)32-24(25)26/h2-13,24H,14H2,1H3,(H,27,28). The number of aryl methyl sites for hydroxylation is 1. The third-order valence-electron chi connectivity index (χ3n) is 4.42. The van der Waals surface area contributed by atoms with E-state index >= 15 is 0 Å². The van der Waals surface area contributed by atoms with Crippen molar-refractivity contribution in [3.8, 4) is 0 Å². The second kappa shape index (κ2) is 10.7.